The summed E-state index contributed by atoms with van der Waals surface area (Å²) in [5, 5.41) is 13.1. The normalized spacial score (nSPS) is 14.6. The van der Waals surface area contributed by atoms with Crippen LogP contribution in [0, 0.1) is 11.3 Å². The SMILES string of the molecule is CPc1ccc(C(=N)c2cc(C(=O)NC(c3ccccc3)C3CC3)ccc2N)cc1. The second-order valence-electron chi connectivity index (χ2n) is 7.70. The van der Waals surface area contributed by atoms with Crippen LogP contribution in [-0.4, -0.2) is 18.3 Å². The Balaban J connectivity index is 1.57. The van der Waals surface area contributed by atoms with E-state index < -0.39 is 0 Å². The lowest BCUT2D eigenvalue weighted by molar-refractivity contribution is 0.0931. The fraction of sp³-hybridized carbons (Fsp3) is 0.200. The molecule has 152 valence electrons. The van der Waals surface area contributed by atoms with Gasteiger partial charge in [0, 0.05) is 22.4 Å². The smallest absolute Gasteiger partial charge is 0.251 e. The number of carbonyl (C=O) groups excluding carboxylic acids is 1. The third-order valence-electron chi connectivity index (χ3n) is 5.59. The number of nitrogen functional groups attached to an aromatic ring is 1. The minimum Gasteiger partial charge on any atom is -0.398 e. The third-order valence-corrected chi connectivity index (χ3v) is 6.50. The topological polar surface area (TPSA) is 79.0 Å². The molecule has 5 heteroatoms. The van der Waals surface area contributed by atoms with Crippen LogP contribution in [0.3, 0.4) is 0 Å². The van der Waals surface area contributed by atoms with Crippen molar-refractivity contribution in [1.82, 2.24) is 5.32 Å². The molecule has 0 saturated heterocycles. The summed E-state index contributed by atoms with van der Waals surface area (Å²) in [4.78, 5) is 13.0. The van der Waals surface area contributed by atoms with Gasteiger partial charge in [-0.3, -0.25) is 10.2 Å². The summed E-state index contributed by atoms with van der Waals surface area (Å²) in [5.74, 6) is 0.355. The third kappa shape index (κ3) is 4.44. The molecular formula is C25H26N3OP. The summed E-state index contributed by atoms with van der Waals surface area (Å²) in [6.07, 6.45) is 2.26. The Morgan fingerprint density at radius 3 is 2.33 bits per heavy atom. The van der Waals surface area contributed by atoms with Crippen molar-refractivity contribution in [2.24, 2.45) is 5.92 Å². The largest absolute Gasteiger partial charge is 0.398 e. The van der Waals surface area contributed by atoms with Crippen molar-refractivity contribution in [3.05, 3.63) is 95.1 Å². The number of amides is 1. The van der Waals surface area contributed by atoms with Crippen molar-refractivity contribution in [1.29, 1.82) is 5.41 Å². The molecule has 0 bridgehead atoms. The van der Waals surface area contributed by atoms with E-state index in [-0.39, 0.29) is 11.9 Å². The van der Waals surface area contributed by atoms with E-state index in [1.807, 2.05) is 42.5 Å². The molecule has 30 heavy (non-hydrogen) atoms. The van der Waals surface area contributed by atoms with E-state index in [0.717, 1.165) is 32.5 Å². The van der Waals surface area contributed by atoms with Crippen LogP contribution in [-0.2, 0) is 0 Å². The number of nitrogens with one attached hydrogen (secondary N) is 2. The van der Waals surface area contributed by atoms with Crippen LogP contribution < -0.4 is 16.4 Å². The molecule has 1 fully saturated rings. The van der Waals surface area contributed by atoms with Crippen LogP contribution in [0.2, 0.25) is 0 Å². The molecule has 0 aliphatic heterocycles. The van der Waals surface area contributed by atoms with Gasteiger partial charge in [0.2, 0.25) is 0 Å². The number of benzene rings is 3. The molecule has 3 aromatic carbocycles. The van der Waals surface area contributed by atoms with Crippen molar-refractivity contribution in [2.75, 3.05) is 12.4 Å². The molecule has 2 unspecified atom stereocenters. The summed E-state index contributed by atoms with van der Waals surface area (Å²) in [7, 11) is 0.719. The molecule has 3 aromatic rings. The zero-order chi connectivity index (χ0) is 21.1. The van der Waals surface area contributed by atoms with Crippen LogP contribution in [0.1, 0.15) is 45.9 Å². The van der Waals surface area contributed by atoms with Crippen LogP contribution in [0.15, 0.2) is 72.8 Å². The molecule has 1 amide bonds. The van der Waals surface area contributed by atoms with Crippen molar-refractivity contribution in [2.45, 2.75) is 18.9 Å². The number of carbonyl (C=O) groups is 1. The van der Waals surface area contributed by atoms with Crippen molar-refractivity contribution >= 4 is 31.2 Å². The van der Waals surface area contributed by atoms with Crippen molar-refractivity contribution < 1.29 is 4.79 Å². The summed E-state index contributed by atoms with van der Waals surface area (Å²) in [6, 6.07) is 23.3. The quantitative estimate of drug-likeness (QED) is 0.302. The monoisotopic (exact) mass is 415 g/mol. The van der Waals surface area contributed by atoms with Gasteiger partial charge in [0.05, 0.1) is 11.8 Å². The lowest BCUT2D eigenvalue weighted by atomic mass is 9.98. The molecule has 2 atom stereocenters. The zero-order valence-electron chi connectivity index (χ0n) is 17.0. The first-order valence-corrected chi connectivity index (χ1v) is 11.7. The molecular weight excluding hydrogens is 389 g/mol. The maximum atomic E-state index is 13.0. The van der Waals surface area contributed by atoms with E-state index in [2.05, 4.69) is 24.1 Å². The standard InChI is InChI=1S/C25H26N3OP/c1-30-20-12-9-16(10-13-20)23(27)21-15-19(11-14-22(21)26)25(29)28-24(18-7-8-18)17-5-3-2-4-6-17/h2-6,9-15,18,24,27,30H,7-8,26H2,1H3,(H,28,29). The highest BCUT2D eigenvalue weighted by atomic mass is 31.1. The fourth-order valence-electron chi connectivity index (χ4n) is 3.66. The number of nitrogens with two attached hydrogens (primary N) is 1. The fourth-order valence-corrected chi connectivity index (χ4v) is 4.16. The highest BCUT2D eigenvalue weighted by molar-refractivity contribution is 7.46. The lowest BCUT2D eigenvalue weighted by Gasteiger charge is -2.19. The second-order valence-corrected chi connectivity index (χ2v) is 8.78. The van der Waals surface area contributed by atoms with Gasteiger partial charge in [-0.1, -0.05) is 63.2 Å². The predicted molar refractivity (Wildman–Crippen MR) is 126 cm³/mol. The number of rotatable bonds is 7. The van der Waals surface area contributed by atoms with Gasteiger partial charge in [0.25, 0.3) is 5.91 Å². The number of anilines is 1. The van der Waals surface area contributed by atoms with E-state index in [4.69, 9.17) is 11.1 Å². The van der Waals surface area contributed by atoms with E-state index in [1.165, 1.54) is 5.30 Å². The highest BCUT2D eigenvalue weighted by Crippen LogP contribution is 2.41. The second kappa shape index (κ2) is 8.81. The molecule has 0 radical (unpaired) electrons. The van der Waals surface area contributed by atoms with Crippen LogP contribution in [0.5, 0.6) is 0 Å². The molecule has 0 heterocycles. The Labute approximate surface area is 179 Å². The van der Waals surface area contributed by atoms with Gasteiger partial charge in [-0.05, 0) is 54.5 Å². The van der Waals surface area contributed by atoms with Gasteiger partial charge >= 0.3 is 0 Å². The molecule has 1 aliphatic rings. The minimum absolute atomic E-state index is 0.0153. The molecule has 0 aromatic heterocycles. The summed E-state index contributed by atoms with van der Waals surface area (Å²) in [5.41, 5.74) is 10.0. The Morgan fingerprint density at radius 2 is 1.70 bits per heavy atom. The van der Waals surface area contributed by atoms with Gasteiger partial charge in [-0.2, -0.15) is 0 Å². The summed E-state index contributed by atoms with van der Waals surface area (Å²) in [6.45, 7) is 2.13. The average Bonchev–Trinajstić information content (AvgIpc) is 3.63. The minimum atomic E-state index is -0.132. The van der Waals surface area contributed by atoms with Crippen LogP contribution in [0.4, 0.5) is 5.69 Å². The molecule has 0 spiro atoms. The van der Waals surface area contributed by atoms with E-state index in [0.29, 0.717) is 28.4 Å². The molecule has 4 rings (SSSR count). The van der Waals surface area contributed by atoms with E-state index in [9.17, 15) is 4.79 Å². The van der Waals surface area contributed by atoms with Crippen molar-refractivity contribution in [3.63, 3.8) is 0 Å². The Kier molecular flexibility index (Phi) is 5.96. The van der Waals surface area contributed by atoms with E-state index >= 15 is 0 Å². The first-order chi connectivity index (χ1) is 14.6. The zero-order valence-corrected chi connectivity index (χ0v) is 18.0. The highest BCUT2D eigenvalue weighted by Gasteiger charge is 2.33. The lowest BCUT2D eigenvalue weighted by Crippen LogP contribution is -2.30. The Hall–Kier alpha value is -2.97. The Morgan fingerprint density at radius 1 is 1.03 bits per heavy atom. The van der Waals surface area contributed by atoms with Gasteiger partial charge < -0.3 is 11.1 Å². The molecule has 4 nitrogen and oxygen atoms in total. The Bertz CT molecular complexity index is 1060. The maximum Gasteiger partial charge on any atom is 0.251 e. The average molecular weight is 415 g/mol. The van der Waals surface area contributed by atoms with Gasteiger partial charge in [-0.25, -0.2) is 0 Å². The van der Waals surface area contributed by atoms with Gasteiger partial charge in [0.15, 0.2) is 0 Å². The summed E-state index contributed by atoms with van der Waals surface area (Å²) >= 11 is 0. The van der Waals surface area contributed by atoms with Crippen LogP contribution >= 0.6 is 8.58 Å². The maximum absolute atomic E-state index is 13.0. The predicted octanol–water partition coefficient (Wildman–Crippen LogP) is 4.50. The molecule has 4 N–H and O–H groups in total. The van der Waals surface area contributed by atoms with Crippen molar-refractivity contribution in [3.8, 4) is 0 Å². The van der Waals surface area contributed by atoms with Crippen LogP contribution in [0.25, 0.3) is 0 Å². The van der Waals surface area contributed by atoms with E-state index in [1.54, 1.807) is 18.2 Å². The number of hydrogen-bond acceptors (Lipinski definition) is 3. The first-order valence-electron chi connectivity index (χ1n) is 10.2. The molecule has 1 aliphatic carbocycles. The molecule has 1 saturated carbocycles. The van der Waals surface area contributed by atoms with Gasteiger partial charge in [-0.15, -0.1) is 0 Å². The van der Waals surface area contributed by atoms with Gasteiger partial charge in [0.1, 0.15) is 0 Å². The number of hydrogen-bond donors (Lipinski definition) is 3. The summed E-state index contributed by atoms with van der Waals surface area (Å²) < 4.78 is 0. The first kappa shape index (κ1) is 20.3.